The van der Waals surface area contributed by atoms with E-state index in [4.69, 9.17) is 9.47 Å². The summed E-state index contributed by atoms with van der Waals surface area (Å²) in [4.78, 5) is 15.6. The van der Waals surface area contributed by atoms with Crippen LogP contribution in [-0.2, 0) is 13.5 Å². The average Bonchev–Trinajstić information content (AvgIpc) is 2.84. The molecule has 1 heterocycles. The Hall–Kier alpha value is -2.30. The van der Waals surface area contributed by atoms with E-state index in [1.54, 1.807) is 31.5 Å². The van der Waals surface area contributed by atoms with E-state index >= 15 is 0 Å². The molecule has 0 amide bonds. The van der Waals surface area contributed by atoms with Crippen LogP contribution in [0.15, 0.2) is 30.6 Å². The fourth-order valence-electron chi connectivity index (χ4n) is 1.90. The molecule has 0 fully saturated rings. The standard InChI is InChI=1S/C15H18N2O3/c1-11(18)12-4-5-13(14(10-12)19-3)20-9-6-15-16-7-8-17(15)2/h4-5,7-8,10H,6,9H2,1-3H3. The van der Waals surface area contributed by atoms with Gasteiger partial charge in [0.05, 0.1) is 13.7 Å². The predicted octanol–water partition coefficient (Wildman–Crippen LogP) is 2.25. The molecule has 106 valence electrons. The first-order valence-electron chi connectivity index (χ1n) is 6.40. The summed E-state index contributed by atoms with van der Waals surface area (Å²) in [6, 6.07) is 5.19. The molecule has 5 nitrogen and oxygen atoms in total. The van der Waals surface area contributed by atoms with Crippen molar-refractivity contribution in [3.05, 3.63) is 42.0 Å². The van der Waals surface area contributed by atoms with Gasteiger partial charge in [-0.25, -0.2) is 4.98 Å². The van der Waals surface area contributed by atoms with Gasteiger partial charge in [-0.1, -0.05) is 0 Å². The van der Waals surface area contributed by atoms with Gasteiger partial charge in [-0.05, 0) is 25.1 Å². The molecule has 0 aliphatic rings. The lowest BCUT2D eigenvalue weighted by Crippen LogP contribution is -2.07. The number of methoxy groups -OCH3 is 1. The lowest BCUT2D eigenvalue weighted by molar-refractivity contribution is 0.101. The van der Waals surface area contributed by atoms with Crippen LogP contribution in [0.3, 0.4) is 0 Å². The second kappa shape index (κ2) is 6.23. The van der Waals surface area contributed by atoms with Crippen LogP contribution >= 0.6 is 0 Å². The van der Waals surface area contributed by atoms with Crippen LogP contribution in [0.4, 0.5) is 0 Å². The van der Waals surface area contributed by atoms with Crippen molar-refractivity contribution in [2.45, 2.75) is 13.3 Å². The molecule has 20 heavy (non-hydrogen) atoms. The topological polar surface area (TPSA) is 53.4 Å². The Morgan fingerprint density at radius 3 is 2.75 bits per heavy atom. The molecule has 0 unspecified atom stereocenters. The molecule has 0 radical (unpaired) electrons. The largest absolute Gasteiger partial charge is 0.493 e. The van der Waals surface area contributed by atoms with E-state index in [1.165, 1.54) is 6.92 Å². The summed E-state index contributed by atoms with van der Waals surface area (Å²) >= 11 is 0. The van der Waals surface area contributed by atoms with Crippen LogP contribution in [-0.4, -0.2) is 29.1 Å². The Bertz CT molecular complexity index is 605. The molecule has 0 aliphatic heterocycles. The quantitative estimate of drug-likeness (QED) is 0.758. The van der Waals surface area contributed by atoms with Gasteiger partial charge in [-0.15, -0.1) is 0 Å². The number of aryl methyl sites for hydroxylation is 1. The van der Waals surface area contributed by atoms with E-state index in [9.17, 15) is 4.79 Å². The molecular weight excluding hydrogens is 256 g/mol. The molecule has 1 aromatic carbocycles. The lowest BCUT2D eigenvalue weighted by atomic mass is 10.1. The summed E-state index contributed by atoms with van der Waals surface area (Å²) in [5.41, 5.74) is 0.610. The summed E-state index contributed by atoms with van der Waals surface area (Å²) in [6.45, 7) is 2.02. The van der Waals surface area contributed by atoms with Crippen molar-refractivity contribution < 1.29 is 14.3 Å². The Kier molecular flexibility index (Phi) is 4.40. The first kappa shape index (κ1) is 14.1. The maximum Gasteiger partial charge on any atom is 0.161 e. The van der Waals surface area contributed by atoms with Crippen molar-refractivity contribution in [1.29, 1.82) is 0 Å². The van der Waals surface area contributed by atoms with Gasteiger partial charge in [-0.3, -0.25) is 4.79 Å². The number of hydrogen-bond acceptors (Lipinski definition) is 4. The van der Waals surface area contributed by atoms with Crippen molar-refractivity contribution in [1.82, 2.24) is 9.55 Å². The highest BCUT2D eigenvalue weighted by Crippen LogP contribution is 2.28. The van der Waals surface area contributed by atoms with E-state index in [0.717, 1.165) is 5.82 Å². The van der Waals surface area contributed by atoms with Crippen molar-refractivity contribution >= 4 is 5.78 Å². The van der Waals surface area contributed by atoms with Gasteiger partial charge in [0.25, 0.3) is 0 Å². The summed E-state index contributed by atoms with van der Waals surface area (Å²) in [5.74, 6) is 2.16. The first-order chi connectivity index (χ1) is 9.61. The second-order valence-electron chi connectivity index (χ2n) is 4.47. The van der Waals surface area contributed by atoms with E-state index in [2.05, 4.69) is 4.98 Å². The number of ketones is 1. The number of ether oxygens (including phenoxy) is 2. The summed E-state index contributed by atoms with van der Waals surface area (Å²) in [7, 11) is 3.51. The third-order valence-electron chi connectivity index (χ3n) is 3.07. The molecule has 0 aliphatic carbocycles. The molecule has 0 N–H and O–H groups in total. The van der Waals surface area contributed by atoms with E-state index in [0.29, 0.717) is 30.1 Å². The molecule has 2 rings (SSSR count). The molecule has 5 heteroatoms. The number of carbonyl (C=O) groups is 1. The minimum absolute atomic E-state index is 0.00265. The summed E-state index contributed by atoms with van der Waals surface area (Å²) < 4.78 is 12.9. The van der Waals surface area contributed by atoms with Gasteiger partial charge in [0.2, 0.25) is 0 Å². The zero-order valence-corrected chi connectivity index (χ0v) is 11.9. The molecule has 0 atom stereocenters. The molecule has 1 aromatic heterocycles. The zero-order chi connectivity index (χ0) is 14.5. The Labute approximate surface area is 118 Å². The number of benzene rings is 1. The first-order valence-corrected chi connectivity index (χ1v) is 6.40. The second-order valence-corrected chi connectivity index (χ2v) is 4.47. The van der Waals surface area contributed by atoms with Crippen molar-refractivity contribution in [3.63, 3.8) is 0 Å². The number of rotatable bonds is 6. The number of hydrogen-bond donors (Lipinski definition) is 0. The molecule has 2 aromatic rings. The van der Waals surface area contributed by atoms with Gasteiger partial charge in [0.1, 0.15) is 5.82 Å². The van der Waals surface area contributed by atoms with E-state index in [1.807, 2.05) is 17.8 Å². The SMILES string of the molecule is COc1cc(C(C)=O)ccc1OCCc1nccn1C. The fraction of sp³-hybridized carbons (Fsp3) is 0.333. The summed E-state index contributed by atoms with van der Waals surface area (Å²) in [6.07, 6.45) is 4.37. The Balaban J connectivity index is 2.02. The van der Waals surface area contributed by atoms with Crippen LogP contribution in [0.5, 0.6) is 11.5 Å². The molecular formula is C15H18N2O3. The van der Waals surface area contributed by atoms with Gasteiger partial charge >= 0.3 is 0 Å². The highest BCUT2D eigenvalue weighted by atomic mass is 16.5. The van der Waals surface area contributed by atoms with Crippen LogP contribution in [0, 0.1) is 0 Å². The van der Waals surface area contributed by atoms with Crippen LogP contribution in [0.25, 0.3) is 0 Å². The number of Topliss-reactive ketones (excluding diaryl/α,β-unsaturated/α-hetero) is 1. The zero-order valence-electron chi connectivity index (χ0n) is 11.9. The smallest absolute Gasteiger partial charge is 0.161 e. The highest BCUT2D eigenvalue weighted by molar-refractivity contribution is 5.94. The van der Waals surface area contributed by atoms with Crippen LogP contribution < -0.4 is 9.47 Å². The third kappa shape index (κ3) is 3.17. The monoisotopic (exact) mass is 274 g/mol. The normalized spacial score (nSPS) is 10.3. The highest BCUT2D eigenvalue weighted by Gasteiger charge is 2.08. The van der Waals surface area contributed by atoms with Gasteiger partial charge in [0.15, 0.2) is 17.3 Å². The van der Waals surface area contributed by atoms with E-state index in [-0.39, 0.29) is 5.78 Å². The van der Waals surface area contributed by atoms with Crippen molar-refractivity contribution in [3.8, 4) is 11.5 Å². The maximum absolute atomic E-state index is 11.3. The molecule has 0 saturated carbocycles. The van der Waals surface area contributed by atoms with Gasteiger partial charge < -0.3 is 14.0 Å². The molecule has 0 spiro atoms. The van der Waals surface area contributed by atoms with Crippen LogP contribution in [0.1, 0.15) is 23.1 Å². The summed E-state index contributed by atoms with van der Waals surface area (Å²) in [5, 5.41) is 0. The molecule has 0 saturated heterocycles. The number of nitrogens with zero attached hydrogens (tertiary/aromatic N) is 2. The van der Waals surface area contributed by atoms with Gasteiger partial charge in [-0.2, -0.15) is 0 Å². The Morgan fingerprint density at radius 2 is 2.15 bits per heavy atom. The van der Waals surface area contributed by atoms with Gasteiger partial charge in [0, 0.05) is 31.4 Å². The van der Waals surface area contributed by atoms with E-state index < -0.39 is 0 Å². The van der Waals surface area contributed by atoms with Crippen LogP contribution in [0.2, 0.25) is 0 Å². The fourth-order valence-corrected chi connectivity index (χ4v) is 1.90. The number of aromatic nitrogens is 2. The molecule has 0 bridgehead atoms. The number of carbonyl (C=O) groups excluding carboxylic acids is 1. The minimum Gasteiger partial charge on any atom is -0.493 e. The van der Waals surface area contributed by atoms with Crippen molar-refractivity contribution in [2.24, 2.45) is 7.05 Å². The predicted molar refractivity (Wildman–Crippen MR) is 75.4 cm³/mol. The third-order valence-corrected chi connectivity index (χ3v) is 3.07. The average molecular weight is 274 g/mol. The van der Waals surface area contributed by atoms with Crippen molar-refractivity contribution in [2.75, 3.05) is 13.7 Å². The Morgan fingerprint density at radius 1 is 1.35 bits per heavy atom. The lowest BCUT2D eigenvalue weighted by Gasteiger charge is -2.11. The minimum atomic E-state index is 0.00265. The number of imidazole rings is 1. The maximum atomic E-state index is 11.3.